The normalized spacial score (nSPS) is 20.8. The fourth-order valence-corrected chi connectivity index (χ4v) is 6.05. The maximum Gasteiger partial charge on any atom is 0.280 e. The zero-order valence-corrected chi connectivity index (χ0v) is 21.4. The van der Waals surface area contributed by atoms with Crippen molar-refractivity contribution in [2.75, 3.05) is 13.6 Å². The van der Waals surface area contributed by atoms with Crippen molar-refractivity contribution in [1.82, 2.24) is 25.5 Å². The first-order chi connectivity index (χ1) is 16.0. The zero-order chi connectivity index (χ0) is 22.9. The number of fused-ring (bicyclic) bond motifs is 2. The van der Waals surface area contributed by atoms with Gasteiger partial charge in [0.25, 0.3) is 11.8 Å². The number of benzene rings is 1. The molecule has 3 heterocycles. The number of amides is 2. The zero-order valence-electron chi connectivity index (χ0n) is 19.0. The third-order valence-electron chi connectivity index (χ3n) is 6.59. The molecule has 0 unspecified atom stereocenters. The van der Waals surface area contributed by atoms with Gasteiger partial charge in [-0.1, -0.05) is 30.9 Å². The van der Waals surface area contributed by atoms with Crippen molar-refractivity contribution < 1.29 is 9.59 Å². The van der Waals surface area contributed by atoms with Crippen LogP contribution in [0.5, 0.6) is 0 Å². The molecule has 2 amide bonds. The van der Waals surface area contributed by atoms with E-state index in [1.807, 2.05) is 18.2 Å². The summed E-state index contributed by atoms with van der Waals surface area (Å²) in [6.07, 6.45) is 5.71. The largest absolute Gasteiger partial charge is 0.351 e. The van der Waals surface area contributed by atoms with E-state index in [1.54, 1.807) is 6.07 Å². The van der Waals surface area contributed by atoms with Gasteiger partial charge in [0.15, 0.2) is 5.01 Å². The molecule has 10 heteroatoms. The minimum Gasteiger partial charge on any atom is -0.351 e. The number of thiazole rings is 1. The molecule has 2 atom stereocenters. The van der Waals surface area contributed by atoms with Gasteiger partial charge in [0.2, 0.25) is 0 Å². The van der Waals surface area contributed by atoms with Gasteiger partial charge in [-0.3, -0.25) is 9.59 Å². The minimum atomic E-state index is -0.166. The fraction of sp³-hybridized carbons (Fsp3) is 0.458. The van der Waals surface area contributed by atoms with E-state index in [2.05, 4.69) is 32.5 Å². The number of nitrogens with zero attached hydrogens (tertiary/aromatic N) is 2. The van der Waals surface area contributed by atoms with Crippen LogP contribution < -0.4 is 10.6 Å². The van der Waals surface area contributed by atoms with Gasteiger partial charge in [0, 0.05) is 52.4 Å². The second kappa shape index (κ2) is 10.6. The molecule has 7 nitrogen and oxygen atoms in total. The molecule has 1 aliphatic heterocycles. The standard InChI is InChI=1S/C24H28ClN5O2S.ClH/c1-30-10-9-19-21(13-30)33-24(29-19)23(32)28-18-6-4-2-3-5-17(18)27-22(31)20-12-14-11-15(25)7-8-16(14)26-20;/h7-8,11-12,17-18,26H,2-6,9-10,13H2,1H3,(H,27,31)(H,28,32);1H/t17-,18-;/m0./s1. The van der Waals surface area contributed by atoms with E-state index in [-0.39, 0.29) is 36.3 Å². The summed E-state index contributed by atoms with van der Waals surface area (Å²) in [7, 11) is 2.09. The molecular weight excluding hydrogens is 493 g/mol. The van der Waals surface area contributed by atoms with Gasteiger partial charge in [-0.05, 0) is 44.2 Å². The summed E-state index contributed by atoms with van der Waals surface area (Å²) in [6, 6.07) is 7.08. The van der Waals surface area contributed by atoms with Crippen LogP contribution in [0.4, 0.5) is 0 Å². The van der Waals surface area contributed by atoms with E-state index in [1.165, 1.54) is 16.2 Å². The smallest absolute Gasteiger partial charge is 0.280 e. The van der Waals surface area contributed by atoms with Crippen LogP contribution in [0.25, 0.3) is 10.9 Å². The van der Waals surface area contributed by atoms with Crippen LogP contribution >= 0.6 is 35.3 Å². The third-order valence-corrected chi connectivity index (χ3v) is 7.91. The van der Waals surface area contributed by atoms with Gasteiger partial charge in [0.1, 0.15) is 5.69 Å². The molecule has 1 aromatic carbocycles. The predicted molar refractivity (Wildman–Crippen MR) is 138 cm³/mol. The van der Waals surface area contributed by atoms with Crippen LogP contribution in [0, 0.1) is 0 Å². The lowest BCUT2D eigenvalue weighted by molar-refractivity contribution is 0.0876. The molecule has 2 aliphatic rings. The molecule has 0 spiro atoms. The summed E-state index contributed by atoms with van der Waals surface area (Å²) in [6.45, 7) is 1.81. The number of nitrogens with one attached hydrogen (secondary N) is 3. The van der Waals surface area contributed by atoms with Crippen LogP contribution in [0.2, 0.25) is 5.02 Å². The molecule has 182 valence electrons. The van der Waals surface area contributed by atoms with Crippen LogP contribution in [0.3, 0.4) is 0 Å². The molecule has 34 heavy (non-hydrogen) atoms. The maximum absolute atomic E-state index is 13.1. The van der Waals surface area contributed by atoms with E-state index >= 15 is 0 Å². The Kier molecular flexibility index (Phi) is 7.82. The van der Waals surface area contributed by atoms with Crippen LogP contribution in [0.15, 0.2) is 24.3 Å². The number of halogens is 2. The molecular formula is C24H29Cl2N5O2S. The summed E-state index contributed by atoms with van der Waals surface area (Å²) >= 11 is 7.57. The highest BCUT2D eigenvalue weighted by Gasteiger charge is 2.29. The SMILES string of the molecule is CN1CCc2nc(C(=O)N[C@H]3CCCCC[C@@H]3NC(=O)c3cc4cc(Cl)ccc4[nH]3)sc2C1.Cl. The highest BCUT2D eigenvalue weighted by Crippen LogP contribution is 2.26. The Hall–Kier alpha value is -2.13. The summed E-state index contributed by atoms with van der Waals surface area (Å²) in [4.78, 5) is 37.3. The molecule has 0 bridgehead atoms. The van der Waals surface area contributed by atoms with Crippen LogP contribution in [0.1, 0.15) is 63.0 Å². The average molecular weight is 523 g/mol. The number of carbonyl (C=O) groups is 2. The second-order valence-electron chi connectivity index (χ2n) is 9.09. The van der Waals surface area contributed by atoms with Gasteiger partial charge < -0.3 is 20.5 Å². The Morgan fingerprint density at radius 2 is 1.85 bits per heavy atom. The maximum atomic E-state index is 13.1. The van der Waals surface area contributed by atoms with Crippen molar-refractivity contribution in [1.29, 1.82) is 0 Å². The monoisotopic (exact) mass is 521 g/mol. The first kappa shape index (κ1) is 25.0. The van der Waals surface area contributed by atoms with E-state index in [9.17, 15) is 9.59 Å². The Morgan fingerprint density at radius 3 is 2.62 bits per heavy atom. The number of aromatic amines is 1. The van der Waals surface area contributed by atoms with Crippen molar-refractivity contribution in [3.8, 4) is 0 Å². The Balaban J connectivity index is 0.00000274. The molecule has 1 aliphatic carbocycles. The number of carbonyl (C=O) groups excluding carboxylic acids is 2. The van der Waals surface area contributed by atoms with Gasteiger partial charge >= 0.3 is 0 Å². The summed E-state index contributed by atoms with van der Waals surface area (Å²) in [5.41, 5.74) is 2.42. The van der Waals surface area contributed by atoms with Crippen molar-refractivity contribution in [3.05, 3.63) is 50.6 Å². The first-order valence-electron chi connectivity index (χ1n) is 11.5. The number of aromatic nitrogens is 2. The predicted octanol–water partition coefficient (Wildman–Crippen LogP) is 4.55. The summed E-state index contributed by atoms with van der Waals surface area (Å²) in [5, 5.41) is 8.42. The topological polar surface area (TPSA) is 90.1 Å². The molecule has 0 saturated heterocycles. The lowest BCUT2D eigenvalue weighted by Crippen LogP contribution is -2.51. The van der Waals surface area contributed by atoms with E-state index < -0.39 is 0 Å². The lowest BCUT2D eigenvalue weighted by Gasteiger charge is -2.26. The average Bonchev–Trinajstić information content (AvgIpc) is 3.34. The van der Waals surface area contributed by atoms with Crippen LogP contribution in [-0.4, -0.2) is 52.4 Å². The quantitative estimate of drug-likeness (QED) is 0.439. The highest BCUT2D eigenvalue weighted by atomic mass is 35.5. The number of likely N-dealkylation sites (N-methyl/N-ethyl adjacent to an activating group) is 1. The van der Waals surface area contributed by atoms with Crippen molar-refractivity contribution in [2.24, 2.45) is 0 Å². The Labute approximate surface area is 214 Å². The molecule has 0 radical (unpaired) electrons. The second-order valence-corrected chi connectivity index (χ2v) is 10.6. The van der Waals surface area contributed by atoms with Crippen molar-refractivity contribution in [2.45, 2.75) is 57.2 Å². The van der Waals surface area contributed by atoms with E-state index in [4.69, 9.17) is 11.6 Å². The molecule has 3 aromatic rings. The molecule has 1 fully saturated rings. The molecule has 2 aromatic heterocycles. The molecule has 5 rings (SSSR count). The first-order valence-corrected chi connectivity index (χ1v) is 12.7. The van der Waals surface area contributed by atoms with Crippen molar-refractivity contribution in [3.63, 3.8) is 0 Å². The highest BCUT2D eigenvalue weighted by molar-refractivity contribution is 7.13. The van der Waals surface area contributed by atoms with E-state index in [0.717, 1.165) is 68.2 Å². The minimum absolute atomic E-state index is 0. The Bertz CT molecular complexity index is 1190. The fourth-order valence-electron chi connectivity index (χ4n) is 4.78. The van der Waals surface area contributed by atoms with Gasteiger partial charge in [-0.25, -0.2) is 4.98 Å². The van der Waals surface area contributed by atoms with Gasteiger partial charge in [0.05, 0.1) is 5.69 Å². The summed E-state index contributed by atoms with van der Waals surface area (Å²) in [5.74, 6) is -0.301. The number of hydrogen-bond acceptors (Lipinski definition) is 5. The number of rotatable bonds is 4. The van der Waals surface area contributed by atoms with Gasteiger partial charge in [-0.2, -0.15) is 0 Å². The van der Waals surface area contributed by atoms with Gasteiger partial charge in [-0.15, -0.1) is 23.7 Å². The van der Waals surface area contributed by atoms with Crippen LogP contribution in [-0.2, 0) is 13.0 Å². The molecule has 1 saturated carbocycles. The van der Waals surface area contributed by atoms with Crippen molar-refractivity contribution >= 4 is 58.1 Å². The lowest BCUT2D eigenvalue weighted by atomic mass is 10.0. The Morgan fingerprint density at radius 1 is 1.12 bits per heavy atom. The third kappa shape index (κ3) is 5.40. The molecule has 3 N–H and O–H groups in total. The number of H-pyrrole nitrogens is 1. The van der Waals surface area contributed by atoms with E-state index in [0.29, 0.717) is 15.7 Å². The number of hydrogen-bond donors (Lipinski definition) is 3. The summed E-state index contributed by atoms with van der Waals surface area (Å²) < 4.78 is 0.